The summed E-state index contributed by atoms with van der Waals surface area (Å²) in [6.07, 6.45) is 4.31. The fourth-order valence-electron chi connectivity index (χ4n) is 3.25. The zero-order chi connectivity index (χ0) is 21.3. The van der Waals surface area contributed by atoms with Crippen molar-refractivity contribution in [2.24, 2.45) is 5.92 Å². The Morgan fingerprint density at radius 1 is 1.03 bits per heavy atom. The van der Waals surface area contributed by atoms with Crippen LogP contribution in [0, 0.1) is 12.8 Å². The van der Waals surface area contributed by atoms with E-state index in [9.17, 15) is 13.2 Å². The van der Waals surface area contributed by atoms with Gasteiger partial charge in [-0.15, -0.1) is 0 Å². The molecular weight excluding hydrogens is 384 g/mol. The van der Waals surface area contributed by atoms with Gasteiger partial charge in [-0.25, -0.2) is 8.42 Å². The van der Waals surface area contributed by atoms with Crippen LogP contribution in [-0.4, -0.2) is 27.4 Å². The number of aryl methyl sites for hydroxylation is 1. The third-order valence-corrected chi connectivity index (χ3v) is 6.91. The van der Waals surface area contributed by atoms with E-state index in [1.807, 2.05) is 19.1 Å². The van der Waals surface area contributed by atoms with E-state index in [1.165, 1.54) is 4.31 Å². The average Bonchev–Trinajstić information content (AvgIpc) is 2.73. The maximum Gasteiger partial charge on any atom is 0.264 e. The smallest absolute Gasteiger partial charge is 0.264 e. The van der Waals surface area contributed by atoms with E-state index < -0.39 is 10.0 Å². The van der Waals surface area contributed by atoms with Crippen LogP contribution in [0.15, 0.2) is 59.5 Å². The molecule has 0 unspecified atom stereocenters. The maximum atomic E-state index is 13.3. The van der Waals surface area contributed by atoms with Gasteiger partial charge in [0.1, 0.15) is 6.54 Å². The lowest BCUT2D eigenvalue weighted by atomic mass is 9.99. The van der Waals surface area contributed by atoms with Gasteiger partial charge in [0.2, 0.25) is 5.91 Å². The van der Waals surface area contributed by atoms with Gasteiger partial charge >= 0.3 is 0 Å². The summed E-state index contributed by atoms with van der Waals surface area (Å²) >= 11 is 0. The van der Waals surface area contributed by atoms with Crippen molar-refractivity contribution in [2.45, 2.75) is 51.3 Å². The summed E-state index contributed by atoms with van der Waals surface area (Å²) in [7, 11) is -3.86. The number of anilines is 1. The number of rotatable bonds is 11. The Labute approximate surface area is 175 Å². The zero-order valence-electron chi connectivity index (χ0n) is 17.6. The van der Waals surface area contributed by atoms with E-state index in [0.29, 0.717) is 18.2 Å². The van der Waals surface area contributed by atoms with E-state index in [2.05, 4.69) is 19.2 Å². The van der Waals surface area contributed by atoms with Crippen molar-refractivity contribution in [1.82, 2.24) is 5.32 Å². The number of unbranched alkanes of at least 4 members (excludes halogenated alkanes) is 1. The third kappa shape index (κ3) is 6.32. The lowest BCUT2D eigenvalue weighted by Gasteiger charge is -2.26. The van der Waals surface area contributed by atoms with Crippen LogP contribution in [0.3, 0.4) is 0 Å². The molecule has 0 spiro atoms. The zero-order valence-corrected chi connectivity index (χ0v) is 18.4. The Kier molecular flexibility index (Phi) is 8.70. The molecule has 0 fully saturated rings. The second-order valence-electron chi connectivity index (χ2n) is 7.33. The topological polar surface area (TPSA) is 66.5 Å². The van der Waals surface area contributed by atoms with Gasteiger partial charge in [0.25, 0.3) is 10.0 Å². The number of nitrogens with zero attached hydrogens (tertiary/aromatic N) is 1. The molecule has 2 rings (SSSR count). The van der Waals surface area contributed by atoms with Crippen LogP contribution in [0.25, 0.3) is 0 Å². The maximum absolute atomic E-state index is 13.3. The minimum Gasteiger partial charge on any atom is -0.354 e. The highest BCUT2D eigenvalue weighted by Gasteiger charge is 2.28. The number of hydrogen-bond acceptors (Lipinski definition) is 3. The number of hydrogen-bond donors (Lipinski definition) is 1. The molecule has 6 heteroatoms. The van der Waals surface area contributed by atoms with Gasteiger partial charge in [-0.1, -0.05) is 69.5 Å². The lowest BCUT2D eigenvalue weighted by molar-refractivity contribution is -0.119. The Bertz CT molecular complexity index is 882. The Morgan fingerprint density at radius 2 is 1.69 bits per heavy atom. The predicted octanol–water partition coefficient (Wildman–Crippen LogP) is 4.52. The molecule has 1 amide bonds. The molecule has 1 N–H and O–H groups in total. The van der Waals surface area contributed by atoms with Crippen LogP contribution in [0.1, 0.15) is 45.1 Å². The molecule has 158 valence electrons. The number of benzene rings is 2. The summed E-state index contributed by atoms with van der Waals surface area (Å²) in [6.45, 7) is 6.44. The summed E-state index contributed by atoms with van der Waals surface area (Å²) in [4.78, 5) is 12.9. The quantitative estimate of drug-likeness (QED) is 0.585. The van der Waals surface area contributed by atoms with Crippen molar-refractivity contribution in [3.63, 3.8) is 0 Å². The van der Waals surface area contributed by atoms with E-state index in [0.717, 1.165) is 31.2 Å². The Hall–Kier alpha value is -2.34. The van der Waals surface area contributed by atoms with Crippen LogP contribution in [-0.2, 0) is 14.8 Å². The molecule has 0 aliphatic carbocycles. The summed E-state index contributed by atoms with van der Waals surface area (Å²) in [5.74, 6) is 0.124. The van der Waals surface area contributed by atoms with Crippen molar-refractivity contribution in [3.05, 3.63) is 60.2 Å². The molecule has 0 aliphatic heterocycles. The highest BCUT2D eigenvalue weighted by Crippen LogP contribution is 2.26. The summed E-state index contributed by atoms with van der Waals surface area (Å²) in [5, 5.41) is 2.94. The van der Waals surface area contributed by atoms with Crippen molar-refractivity contribution in [1.29, 1.82) is 0 Å². The molecule has 0 bridgehead atoms. The molecule has 0 saturated carbocycles. The molecule has 0 aromatic heterocycles. The highest BCUT2D eigenvalue weighted by atomic mass is 32.2. The molecule has 0 radical (unpaired) electrons. The second kappa shape index (κ2) is 11.0. The Morgan fingerprint density at radius 3 is 2.31 bits per heavy atom. The van der Waals surface area contributed by atoms with Crippen LogP contribution >= 0.6 is 0 Å². The number of carbonyl (C=O) groups is 1. The third-order valence-electron chi connectivity index (χ3n) is 5.13. The van der Waals surface area contributed by atoms with Crippen LogP contribution < -0.4 is 9.62 Å². The molecule has 1 atom stereocenters. The van der Waals surface area contributed by atoms with Crippen molar-refractivity contribution in [2.75, 3.05) is 17.4 Å². The molecule has 29 heavy (non-hydrogen) atoms. The standard InChI is InChI=1S/C23H32N2O3S/c1-4-6-13-20(5-2)17-24-23(26)18-25(22-16-11-10-12-19(22)3)29(27,28)21-14-8-7-9-15-21/h7-12,14-16,20H,4-6,13,17-18H2,1-3H3,(H,24,26)/t20-/m0/s1. The number of carbonyl (C=O) groups excluding carboxylic acids is 1. The van der Waals surface area contributed by atoms with E-state index >= 15 is 0 Å². The van der Waals surface area contributed by atoms with Gasteiger partial charge in [0.05, 0.1) is 10.6 Å². The number of amides is 1. The minimum absolute atomic E-state index is 0.172. The first-order valence-corrected chi connectivity index (χ1v) is 11.7. The first-order valence-electron chi connectivity index (χ1n) is 10.3. The second-order valence-corrected chi connectivity index (χ2v) is 9.19. The van der Waals surface area contributed by atoms with Crippen molar-refractivity contribution in [3.8, 4) is 0 Å². The predicted molar refractivity (Wildman–Crippen MR) is 118 cm³/mol. The van der Waals surface area contributed by atoms with Crippen LogP contribution in [0.5, 0.6) is 0 Å². The number of para-hydroxylation sites is 1. The molecule has 0 saturated heterocycles. The molecule has 0 heterocycles. The van der Waals surface area contributed by atoms with Crippen LogP contribution in [0.4, 0.5) is 5.69 Å². The minimum atomic E-state index is -3.86. The van der Waals surface area contributed by atoms with E-state index in [4.69, 9.17) is 0 Å². The van der Waals surface area contributed by atoms with E-state index in [1.54, 1.807) is 42.5 Å². The van der Waals surface area contributed by atoms with Gasteiger partial charge in [0.15, 0.2) is 0 Å². The lowest BCUT2D eigenvalue weighted by Crippen LogP contribution is -2.42. The SMILES string of the molecule is CCCC[C@H](CC)CNC(=O)CN(c1ccccc1C)S(=O)(=O)c1ccccc1. The molecular formula is C23H32N2O3S. The number of sulfonamides is 1. The van der Waals surface area contributed by atoms with Gasteiger partial charge < -0.3 is 5.32 Å². The van der Waals surface area contributed by atoms with E-state index in [-0.39, 0.29) is 17.3 Å². The summed E-state index contributed by atoms with van der Waals surface area (Å²) in [6, 6.07) is 15.5. The number of nitrogens with one attached hydrogen (secondary N) is 1. The Balaban J connectivity index is 2.23. The highest BCUT2D eigenvalue weighted by molar-refractivity contribution is 7.92. The van der Waals surface area contributed by atoms with Crippen molar-refractivity contribution < 1.29 is 13.2 Å². The van der Waals surface area contributed by atoms with Gasteiger partial charge in [-0.2, -0.15) is 0 Å². The van der Waals surface area contributed by atoms with Crippen LogP contribution in [0.2, 0.25) is 0 Å². The first kappa shape index (κ1) is 22.9. The van der Waals surface area contributed by atoms with Crippen molar-refractivity contribution >= 4 is 21.6 Å². The normalized spacial score (nSPS) is 12.4. The van der Waals surface area contributed by atoms with Gasteiger partial charge in [-0.3, -0.25) is 9.10 Å². The molecule has 2 aromatic carbocycles. The summed E-state index contributed by atoms with van der Waals surface area (Å²) in [5.41, 5.74) is 1.32. The first-order chi connectivity index (χ1) is 13.9. The molecule has 2 aromatic rings. The molecule has 5 nitrogen and oxygen atoms in total. The largest absolute Gasteiger partial charge is 0.354 e. The fourth-order valence-corrected chi connectivity index (χ4v) is 4.76. The van der Waals surface area contributed by atoms with Gasteiger partial charge in [-0.05, 0) is 43.0 Å². The molecule has 0 aliphatic rings. The monoisotopic (exact) mass is 416 g/mol. The average molecular weight is 417 g/mol. The van der Waals surface area contributed by atoms with Gasteiger partial charge in [0, 0.05) is 6.54 Å². The summed E-state index contributed by atoms with van der Waals surface area (Å²) < 4.78 is 27.8. The fraction of sp³-hybridized carbons (Fsp3) is 0.435.